The second-order valence-electron chi connectivity index (χ2n) is 5.81. The number of methoxy groups -OCH3 is 1. The van der Waals surface area contributed by atoms with Gasteiger partial charge in [0.25, 0.3) is 5.91 Å². The molecule has 140 valence electrons. The van der Waals surface area contributed by atoms with Crippen molar-refractivity contribution >= 4 is 11.6 Å². The van der Waals surface area contributed by atoms with E-state index in [1.54, 1.807) is 6.07 Å². The van der Waals surface area contributed by atoms with Crippen LogP contribution in [0.4, 0.5) is 14.5 Å². The molecule has 0 spiro atoms. The van der Waals surface area contributed by atoms with Crippen LogP contribution in [0, 0.1) is 0 Å². The summed E-state index contributed by atoms with van der Waals surface area (Å²) in [5.74, 6) is 0.492. The highest BCUT2D eigenvalue weighted by molar-refractivity contribution is 5.92. The Morgan fingerprint density at radius 3 is 2.54 bits per heavy atom. The molecule has 26 heavy (non-hydrogen) atoms. The summed E-state index contributed by atoms with van der Waals surface area (Å²) in [5, 5.41) is 2.57. The van der Waals surface area contributed by atoms with Crippen molar-refractivity contribution in [2.45, 2.75) is 26.4 Å². The first kappa shape index (κ1) is 19.5. The Labute approximate surface area is 150 Å². The summed E-state index contributed by atoms with van der Waals surface area (Å²) < 4.78 is 39.7. The number of ether oxygens (including phenoxy) is 3. The number of nitrogens with one attached hydrogen (secondary N) is 1. The topological polar surface area (TPSA) is 56.8 Å². The third-order valence-electron chi connectivity index (χ3n) is 3.56. The highest BCUT2D eigenvalue weighted by Crippen LogP contribution is 2.31. The van der Waals surface area contributed by atoms with Gasteiger partial charge in [-0.25, -0.2) is 0 Å². The molecule has 5 nitrogen and oxygen atoms in total. The van der Waals surface area contributed by atoms with Gasteiger partial charge in [0, 0.05) is 11.8 Å². The van der Waals surface area contributed by atoms with E-state index < -0.39 is 12.5 Å². The van der Waals surface area contributed by atoms with Gasteiger partial charge in [0.15, 0.2) is 18.1 Å². The summed E-state index contributed by atoms with van der Waals surface area (Å²) in [6.45, 7) is 0.924. The van der Waals surface area contributed by atoms with Crippen LogP contribution >= 0.6 is 0 Å². The Kier molecular flexibility index (Phi) is 6.77. The fourth-order valence-corrected chi connectivity index (χ4v) is 2.25. The van der Waals surface area contributed by atoms with Crippen molar-refractivity contribution < 1.29 is 27.8 Å². The molecule has 1 amide bonds. The fraction of sp³-hybridized carbons (Fsp3) is 0.316. The number of hydrogen-bond donors (Lipinski definition) is 1. The third kappa shape index (κ3) is 5.61. The minimum absolute atomic E-state index is 0.144. The normalized spacial score (nSPS) is 10.7. The zero-order chi connectivity index (χ0) is 19.1. The van der Waals surface area contributed by atoms with Crippen LogP contribution in [0.25, 0.3) is 0 Å². The van der Waals surface area contributed by atoms with Crippen molar-refractivity contribution in [3.8, 4) is 17.2 Å². The van der Waals surface area contributed by atoms with Gasteiger partial charge < -0.3 is 19.5 Å². The molecule has 0 atom stereocenters. The predicted octanol–water partition coefficient (Wildman–Crippen LogP) is 4.44. The van der Waals surface area contributed by atoms with Crippen LogP contribution in [0.2, 0.25) is 0 Å². The van der Waals surface area contributed by atoms with Crippen LogP contribution in [0.3, 0.4) is 0 Å². The van der Waals surface area contributed by atoms with Crippen molar-refractivity contribution in [1.82, 2.24) is 0 Å². The SMILES string of the molecule is COc1ccc(NC(=O)COc2cccc(C(C)C)c2)cc1OC(F)F. The van der Waals surface area contributed by atoms with E-state index in [4.69, 9.17) is 9.47 Å². The molecular formula is C19H21F2NO4. The summed E-state index contributed by atoms with van der Waals surface area (Å²) in [4.78, 5) is 12.0. The molecule has 0 aliphatic carbocycles. The first-order valence-corrected chi connectivity index (χ1v) is 8.04. The minimum atomic E-state index is -2.99. The molecular weight excluding hydrogens is 344 g/mol. The summed E-state index contributed by atoms with van der Waals surface area (Å²) in [6.07, 6.45) is 0. The largest absolute Gasteiger partial charge is 0.493 e. The summed E-state index contributed by atoms with van der Waals surface area (Å²) in [6, 6.07) is 11.7. The lowest BCUT2D eigenvalue weighted by molar-refractivity contribution is -0.118. The number of benzene rings is 2. The lowest BCUT2D eigenvalue weighted by atomic mass is 10.0. The maximum Gasteiger partial charge on any atom is 0.387 e. The van der Waals surface area contributed by atoms with Crippen LogP contribution < -0.4 is 19.5 Å². The number of halogens is 2. The van der Waals surface area contributed by atoms with Crippen LogP contribution in [-0.2, 0) is 4.79 Å². The first-order valence-electron chi connectivity index (χ1n) is 8.04. The Bertz CT molecular complexity index is 750. The molecule has 0 saturated carbocycles. The third-order valence-corrected chi connectivity index (χ3v) is 3.56. The average Bonchev–Trinajstić information content (AvgIpc) is 2.60. The number of carbonyl (C=O) groups excluding carboxylic acids is 1. The standard InChI is InChI=1S/C19H21F2NO4/c1-12(2)13-5-4-6-15(9-13)25-11-18(23)22-14-7-8-16(24-3)17(10-14)26-19(20)21/h4-10,12,19H,11H2,1-3H3,(H,22,23). The lowest BCUT2D eigenvalue weighted by Gasteiger charge is -2.13. The van der Waals surface area contributed by atoms with Gasteiger partial charge in [-0.1, -0.05) is 26.0 Å². The van der Waals surface area contributed by atoms with Gasteiger partial charge in [-0.2, -0.15) is 8.78 Å². The average molecular weight is 365 g/mol. The molecule has 0 fully saturated rings. The van der Waals surface area contributed by atoms with Crippen molar-refractivity contribution in [2.24, 2.45) is 0 Å². The number of anilines is 1. The van der Waals surface area contributed by atoms with Crippen LogP contribution in [0.1, 0.15) is 25.3 Å². The minimum Gasteiger partial charge on any atom is -0.493 e. The number of alkyl halides is 2. The number of rotatable bonds is 8. The van der Waals surface area contributed by atoms with Crippen molar-refractivity contribution in [1.29, 1.82) is 0 Å². The second kappa shape index (κ2) is 9.03. The molecule has 2 rings (SSSR count). The van der Waals surface area contributed by atoms with Gasteiger partial charge in [0.05, 0.1) is 7.11 Å². The summed E-state index contributed by atoms with van der Waals surface area (Å²) in [5.41, 5.74) is 1.40. The van der Waals surface area contributed by atoms with Crippen molar-refractivity contribution in [3.63, 3.8) is 0 Å². The molecule has 0 bridgehead atoms. The fourth-order valence-electron chi connectivity index (χ4n) is 2.25. The maximum absolute atomic E-state index is 12.4. The molecule has 0 unspecified atom stereocenters. The zero-order valence-electron chi connectivity index (χ0n) is 14.8. The Morgan fingerprint density at radius 2 is 1.88 bits per heavy atom. The second-order valence-corrected chi connectivity index (χ2v) is 5.81. The first-order chi connectivity index (χ1) is 12.4. The molecule has 0 aliphatic rings. The van der Waals surface area contributed by atoms with E-state index in [-0.39, 0.29) is 18.1 Å². The van der Waals surface area contributed by atoms with E-state index in [1.165, 1.54) is 25.3 Å². The highest BCUT2D eigenvalue weighted by Gasteiger charge is 2.13. The summed E-state index contributed by atoms with van der Waals surface area (Å²) >= 11 is 0. The molecule has 0 aromatic heterocycles. The molecule has 7 heteroatoms. The molecule has 0 aliphatic heterocycles. The number of carbonyl (C=O) groups is 1. The molecule has 0 radical (unpaired) electrons. The molecule has 0 heterocycles. The van der Waals surface area contributed by atoms with Crippen LogP contribution in [0.5, 0.6) is 17.2 Å². The highest BCUT2D eigenvalue weighted by atomic mass is 19.3. The Morgan fingerprint density at radius 1 is 1.12 bits per heavy atom. The van der Waals surface area contributed by atoms with Gasteiger partial charge in [0.2, 0.25) is 0 Å². The van der Waals surface area contributed by atoms with E-state index in [9.17, 15) is 13.6 Å². The monoisotopic (exact) mass is 365 g/mol. The van der Waals surface area contributed by atoms with E-state index in [1.807, 2.05) is 18.2 Å². The van der Waals surface area contributed by atoms with Gasteiger partial charge in [-0.05, 0) is 35.7 Å². The van der Waals surface area contributed by atoms with E-state index in [0.717, 1.165) is 5.56 Å². The lowest BCUT2D eigenvalue weighted by Crippen LogP contribution is -2.20. The van der Waals surface area contributed by atoms with Gasteiger partial charge in [-0.15, -0.1) is 0 Å². The van der Waals surface area contributed by atoms with Crippen molar-refractivity contribution in [3.05, 3.63) is 48.0 Å². The smallest absolute Gasteiger partial charge is 0.387 e. The van der Waals surface area contributed by atoms with E-state index >= 15 is 0 Å². The number of hydrogen-bond acceptors (Lipinski definition) is 4. The predicted molar refractivity (Wildman–Crippen MR) is 94.3 cm³/mol. The van der Waals surface area contributed by atoms with Gasteiger partial charge >= 0.3 is 6.61 Å². The van der Waals surface area contributed by atoms with E-state index in [0.29, 0.717) is 17.4 Å². The quantitative estimate of drug-likeness (QED) is 0.752. The molecule has 2 aromatic carbocycles. The number of amides is 1. The van der Waals surface area contributed by atoms with Crippen LogP contribution in [0.15, 0.2) is 42.5 Å². The molecule has 0 saturated heterocycles. The Hall–Kier alpha value is -2.83. The zero-order valence-corrected chi connectivity index (χ0v) is 14.8. The maximum atomic E-state index is 12.4. The van der Waals surface area contributed by atoms with Crippen molar-refractivity contribution in [2.75, 3.05) is 19.0 Å². The van der Waals surface area contributed by atoms with Crippen LogP contribution in [-0.4, -0.2) is 26.2 Å². The Balaban J connectivity index is 1.98. The summed E-state index contributed by atoms with van der Waals surface area (Å²) in [7, 11) is 1.34. The molecule has 1 N–H and O–H groups in total. The van der Waals surface area contributed by atoms with Gasteiger partial charge in [0.1, 0.15) is 5.75 Å². The van der Waals surface area contributed by atoms with E-state index in [2.05, 4.69) is 23.9 Å². The van der Waals surface area contributed by atoms with Gasteiger partial charge in [-0.3, -0.25) is 4.79 Å². The molecule has 2 aromatic rings.